The predicted octanol–water partition coefficient (Wildman–Crippen LogP) is 2.44. The van der Waals surface area contributed by atoms with Gasteiger partial charge in [0.15, 0.2) is 0 Å². The van der Waals surface area contributed by atoms with E-state index in [9.17, 15) is 9.59 Å². The number of nitrogens with two attached hydrogens (primary N) is 1. The average molecular weight is 336 g/mol. The Kier molecular flexibility index (Phi) is 3.98. The van der Waals surface area contributed by atoms with E-state index in [-0.39, 0.29) is 5.56 Å². The summed E-state index contributed by atoms with van der Waals surface area (Å²) in [6.45, 7) is 1.76. The highest BCUT2D eigenvalue weighted by atomic mass is 32.1. The maximum Gasteiger partial charge on any atom is 0.266 e. The van der Waals surface area contributed by atoms with Crippen LogP contribution in [0.2, 0.25) is 0 Å². The van der Waals surface area contributed by atoms with Crippen LogP contribution in [0.5, 0.6) is 0 Å². The number of aromatic nitrogens is 2. The number of nitriles is 1. The lowest BCUT2D eigenvalue weighted by atomic mass is 10.1. The minimum atomic E-state index is -0.478. The maximum absolute atomic E-state index is 11.6. The molecule has 0 spiro atoms. The summed E-state index contributed by atoms with van der Waals surface area (Å²) < 4.78 is 0. The molecule has 2 aromatic heterocycles. The molecule has 24 heavy (non-hydrogen) atoms. The minimum absolute atomic E-state index is 0.0518. The van der Waals surface area contributed by atoms with Gasteiger partial charge in [-0.05, 0) is 25.1 Å². The molecule has 0 radical (unpaired) electrons. The first-order valence-electron chi connectivity index (χ1n) is 6.99. The summed E-state index contributed by atoms with van der Waals surface area (Å²) in [5.41, 5.74) is 8.22. The lowest BCUT2D eigenvalue weighted by molar-refractivity contribution is 0.100. The Bertz CT molecular complexity index is 1030. The Balaban J connectivity index is 2.01. The molecule has 0 atom stereocenters. The van der Waals surface area contributed by atoms with Gasteiger partial charge in [0.2, 0.25) is 5.91 Å². The number of aryl methyl sites for hydroxylation is 1. The molecule has 0 fully saturated rings. The zero-order valence-electron chi connectivity index (χ0n) is 12.7. The molecule has 2 heterocycles. The quantitative estimate of drug-likeness (QED) is 0.764. The average Bonchev–Trinajstić information content (AvgIpc) is 3.05. The summed E-state index contributed by atoms with van der Waals surface area (Å²) in [5, 5.41) is 11.6. The number of pyridine rings is 1. The molecule has 0 saturated carbocycles. The molecule has 0 unspecified atom stereocenters. The fourth-order valence-corrected chi connectivity index (χ4v) is 3.11. The lowest BCUT2D eigenvalue weighted by Gasteiger charge is -2.03. The first-order chi connectivity index (χ1) is 11.5. The third kappa shape index (κ3) is 2.83. The van der Waals surface area contributed by atoms with Crippen molar-refractivity contribution in [2.75, 3.05) is 0 Å². The highest BCUT2D eigenvalue weighted by molar-refractivity contribution is 7.13. The van der Waals surface area contributed by atoms with Gasteiger partial charge in [-0.25, -0.2) is 4.98 Å². The van der Waals surface area contributed by atoms with E-state index < -0.39 is 11.5 Å². The number of rotatable bonds is 3. The molecule has 0 bridgehead atoms. The van der Waals surface area contributed by atoms with Gasteiger partial charge in [0.1, 0.15) is 16.6 Å². The fraction of sp³-hybridized carbons (Fsp3) is 0.0588. The van der Waals surface area contributed by atoms with Crippen LogP contribution >= 0.6 is 11.3 Å². The normalized spacial score (nSPS) is 10.3. The van der Waals surface area contributed by atoms with E-state index in [1.54, 1.807) is 37.3 Å². The molecule has 3 aromatic rings. The molecular weight excluding hydrogens is 324 g/mol. The zero-order valence-corrected chi connectivity index (χ0v) is 13.5. The summed E-state index contributed by atoms with van der Waals surface area (Å²) in [4.78, 5) is 30.0. The number of nitrogens with zero attached hydrogens (tertiary/aromatic N) is 2. The second kappa shape index (κ2) is 6.10. The molecular formula is C17H12N4O2S. The summed E-state index contributed by atoms with van der Waals surface area (Å²) in [7, 11) is 0. The Morgan fingerprint density at radius 1 is 1.33 bits per heavy atom. The van der Waals surface area contributed by atoms with Crippen molar-refractivity contribution in [1.82, 2.24) is 9.97 Å². The van der Waals surface area contributed by atoms with Crippen LogP contribution in [0.15, 0.2) is 40.5 Å². The Hall–Kier alpha value is -3.24. The van der Waals surface area contributed by atoms with Crippen LogP contribution < -0.4 is 11.3 Å². The van der Waals surface area contributed by atoms with Crippen LogP contribution in [0, 0.1) is 18.3 Å². The molecule has 3 N–H and O–H groups in total. The van der Waals surface area contributed by atoms with Gasteiger partial charge >= 0.3 is 0 Å². The van der Waals surface area contributed by atoms with E-state index in [1.807, 2.05) is 11.4 Å². The molecule has 0 aliphatic heterocycles. The van der Waals surface area contributed by atoms with Crippen molar-refractivity contribution in [1.29, 1.82) is 5.26 Å². The van der Waals surface area contributed by atoms with E-state index >= 15 is 0 Å². The number of H-pyrrole nitrogens is 1. The number of benzene rings is 1. The SMILES string of the molecule is Cc1[nH]c(=O)c(C#N)cc1-c1csc(-c2ccc(C(N)=O)cc2)n1. The van der Waals surface area contributed by atoms with Crippen molar-refractivity contribution in [3.05, 3.63) is 62.9 Å². The molecule has 7 heteroatoms. The molecule has 0 saturated heterocycles. The number of nitrogens with one attached hydrogen (secondary N) is 1. The molecule has 118 valence electrons. The summed E-state index contributed by atoms with van der Waals surface area (Å²) in [5.74, 6) is -0.478. The first kappa shape index (κ1) is 15.6. The van der Waals surface area contributed by atoms with Crippen molar-refractivity contribution < 1.29 is 4.79 Å². The van der Waals surface area contributed by atoms with Crippen LogP contribution in [0.1, 0.15) is 21.6 Å². The number of carbonyl (C=O) groups excluding carboxylic acids is 1. The van der Waals surface area contributed by atoms with Gasteiger partial charge in [0.25, 0.3) is 5.56 Å². The highest BCUT2D eigenvalue weighted by Crippen LogP contribution is 2.30. The van der Waals surface area contributed by atoms with Gasteiger partial charge in [-0.15, -0.1) is 11.3 Å². The van der Waals surface area contributed by atoms with Crippen molar-refractivity contribution in [3.63, 3.8) is 0 Å². The van der Waals surface area contributed by atoms with E-state index in [4.69, 9.17) is 11.0 Å². The molecule has 6 nitrogen and oxygen atoms in total. The largest absolute Gasteiger partial charge is 0.366 e. The number of thiazole rings is 1. The lowest BCUT2D eigenvalue weighted by Crippen LogP contribution is -2.12. The van der Waals surface area contributed by atoms with Crippen molar-refractivity contribution in [2.24, 2.45) is 5.73 Å². The van der Waals surface area contributed by atoms with E-state index in [0.29, 0.717) is 22.5 Å². The topological polar surface area (TPSA) is 113 Å². The number of primary amides is 1. The first-order valence-corrected chi connectivity index (χ1v) is 7.87. The number of carbonyl (C=O) groups is 1. The fourth-order valence-electron chi connectivity index (χ4n) is 2.28. The molecule has 0 aliphatic carbocycles. The molecule has 3 rings (SSSR count). The van der Waals surface area contributed by atoms with Crippen molar-refractivity contribution in [3.8, 4) is 27.9 Å². The van der Waals surface area contributed by atoms with E-state index in [1.165, 1.54) is 11.3 Å². The monoisotopic (exact) mass is 336 g/mol. The van der Waals surface area contributed by atoms with E-state index in [2.05, 4.69) is 9.97 Å². The van der Waals surface area contributed by atoms with Gasteiger partial charge in [-0.1, -0.05) is 12.1 Å². The Morgan fingerprint density at radius 2 is 2.04 bits per heavy atom. The highest BCUT2D eigenvalue weighted by Gasteiger charge is 2.12. The minimum Gasteiger partial charge on any atom is -0.366 e. The number of amides is 1. The maximum atomic E-state index is 11.6. The summed E-state index contributed by atoms with van der Waals surface area (Å²) in [6.07, 6.45) is 0. The predicted molar refractivity (Wildman–Crippen MR) is 91.6 cm³/mol. The standard InChI is InChI=1S/C17H12N4O2S/c1-9-13(6-12(7-18)16(23)20-9)14-8-24-17(21-14)11-4-2-10(3-5-11)15(19)22/h2-6,8H,1H3,(H2,19,22)(H,20,23). The van der Waals surface area contributed by atoms with Gasteiger partial charge in [-0.3, -0.25) is 9.59 Å². The third-order valence-corrected chi connectivity index (χ3v) is 4.45. The van der Waals surface area contributed by atoms with Gasteiger partial charge in [0.05, 0.1) is 5.69 Å². The zero-order chi connectivity index (χ0) is 17.3. The smallest absolute Gasteiger partial charge is 0.266 e. The number of aromatic amines is 1. The second-order valence-electron chi connectivity index (χ2n) is 5.14. The van der Waals surface area contributed by atoms with Gasteiger partial charge < -0.3 is 10.7 Å². The summed E-state index contributed by atoms with van der Waals surface area (Å²) >= 11 is 1.44. The second-order valence-corrected chi connectivity index (χ2v) is 6.00. The van der Waals surface area contributed by atoms with Gasteiger partial charge in [-0.2, -0.15) is 5.26 Å². The molecule has 1 amide bonds. The van der Waals surface area contributed by atoms with Crippen LogP contribution in [0.3, 0.4) is 0 Å². The summed E-state index contributed by atoms with van der Waals surface area (Å²) in [6, 6.07) is 10.3. The Morgan fingerprint density at radius 3 is 2.67 bits per heavy atom. The molecule has 0 aliphatic rings. The van der Waals surface area contributed by atoms with Crippen molar-refractivity contribution >= 4 is 17.2 Å². The van der Waals surface area contributed by atoms with E-state index in [0.717, 1.165) is 10.6 Å². The van der Waals surface area contributed by atoms with Crippen LogP contribution in [0.4, 0.5) is 0 Å². The third-order valence-electron chi connectivity index (χ3n) is 3.56. The van der Waals surface area contributed by atoms with Crippen LogP contribution in [-0.4, -0.2) is 15.9 Å². The number of hydrogen-bond donors (Lipinski definition) is 2. The van der Waals surface area contributed by atoms with Crippen LogP contribution in [-0.2, 0) is 0 Å². The number of hydrogen-bond acceptors (Lipinski definition) is 5. The van der Waals surface area contributed by atoms with Crippen LogP contribution in [0.25, 0.3) is 21.8 Å². The van der Waals surface area contributed by atoms with Crippen molar-refractivity contribution in [2.45, 2.75) is 6.92 Å². The molecule has 1 aromatic carbocycles. The Labute approximate surface area is 141 Å². The van der Waals surface area contributed by atoms with Gasteiger partial charge in [0, 0.05) is 27.8 Å².